The fraction of sp³-hybridized carbons (Fsp3) is 0.292. The minimum atomic E-state index is -0.501. The number of hydrogen-bond donors (Lipinski definition) is 1. The van der Waals surface area contributed by atoms with Crippen LogP contribution in [0.25, 0.3) is 0 Å². The third kappa shape index (κ3) is 5.00. The highest BCUT2D eigenvalue weighted by Gasteiger charge is 2.38. The Morgan fingerprint density at radius 1 is 1.13 bits per heavy atom. The Balaban J connectivity index is 1.79. The van der Waals surface area contributed by atoms with Gasteiger partial charge in [-0.05, 0) is 62.1 Å². The van der Waals surface area contributed by atoms with Crippen molar-refractivity contribution in [3.05, 3.63) is 71.3 Å². The number of anilines is 1. The van der Waals surface area contributed by atoms with E-state index in [1.54, 1.807) is 11.0 Å². The van der Waals surface area contributed by atoms with E-state index >= 15 is 0 Å². The lowest BCUT2D eigenvalue weighted by Gasteiger charge is -2.14. The molecule has 0 bridgehead atoms. The first-order valence-corrected chi connectivity index (χ1v) is 10.8. The smallest absolute Gasteiger partial charge is 0.242 e. The Morgan fingerprint density at radius 2 is 1.80 bits per heavy atom. The number of hydrogen-bond acceptors (Lipinski definition) is 4. The molecule has 1 aliphatic heterocycles. The second-order valence-corrected chi connectivity index (χ2v) is 8.77. The van der Waals surface area contributed by atoms with Crippen LogP contribution in [0.15, 0.2) is 54.0 Å². The number of benzene rings is 2. The summed E-state index contributed by atoms with van der Waals surface area (Å²) in [7, 11) is 0. The summed E-state index contributed by atoms with van der Waals surface area (Å²) in [6.07, 6.45) is 1.77. The molecule has 156 valence electrons. The minimum Gasteiger partial charge on any atom is -0.326 e. The van der Waals surface area contributed by atoms with Crippen LogP contribution >= 0.6 is 11.8 Å². The lowest BCUT2D eigenvalue weighted by molar-refractivity contribution is -0.127. The summed E-state index contributed by atoms with van der Waals surface area (Å²) in [5, 5.41) is 3.05. The van der Waals surface area contributed by atoms with Gasteiger partial charge in [-0.25, -0.2) is 4.99 Å². The molecule has 0 unspecified atom stereocenters. The highest BCUT2D eigenvalue weighted by atomic mass is 32.2. The maximum atomic E-state index is 13.0. The van der Waals surface area contributed by atoms with Gasteiger partial charge in [0.15, 0.2) is 5.17 Å². The van der Waals surface area contributed by atoms with Gasteiger partial charge in [-0.3, -0.25) is 14.5 Å². The zero-order chi connectivity index (χ0) is 21.8. The van der Waals surface area contributed by atoms with Crippen molar-refractivity contribution in [3.8, 4) is 0 Å². The number of aryl methyl sites for hydroxylation is 4. The quantitative estimate of drug-likeness (QED) is 0.663. The monoisotopic (exact) mass is 421 g/mol. The molecule has 30 heavy (non-hydrogen) atoms. The molecule has 2 aromatic carbocycles. The predicted octanol–water partition coefficient (Wildman–Crippen LogP) is 5.07. The van der Waals surface area contributed by atoms with Crippen LogP contribution in [0, 0.1) is 27.7 Å². The third-order valence-corrected chi connectivity index (χ3v) is 6.13. The largest absolute Gasteiger partial charge is 0.326 e. The molecule has 0 aliphatic carbocycles. The lowest BCUT2D eigenvalue weighted by Crippen LogP contribution is -2.33. The number of aliphatic imine (C=N–C) groups is 1. The van der Waals surface area contributed by atoms with Crippen molar-refractivity contribution in [2.24, 2.45) is 4.99 Å². The zero-order valence-corrected chi connectivity index (χ0v) is 18.7. The van der Waals surface area contributed by atoms with E-state index in [1.165, 1.54) is 11.8 Å². The van der Waals surface area contributed by atoms with Crippen molar-refractivity contribution in [2.45, 2.75) is 39.4 Å². The number of amidine groups is 1. The van der Waals surface area contributed by atoms with Crippen LogP contribution in [0.1, 0.15) is 28.7 Å². The van der Waals surface area contributed by atoms with Crippen LogP contribution in [-0.4, -0.2) is 33.7 Å². The molecule has 5 nitrogen and oxygen atoms in total. The lowest BCUT2D eigenvalue weighted by atomic mass is 10.1. The maximum absolute atomic E-state index is 13.0. The first-order chi connectivity index (χ1) is 14.3. The number of carbonyl (C=O) groups is 2. The van der Waals surface area contributed by atoms with Gasteiger partial charge in [-0.1, -0.05) is 42.1 Å². The second kappa shape index (κ2) is 9.30. The van der Waals surface area contributed by atoms with Gasteiger partial charge in [0.1, 0.15) is 5.25 Å². The molecule has 6 heteroatoms. The molecule has 0 radical (unpaired) electrons. The van der Waals surface area contributed by atoms with Gasteiger partial charge >= 0.3 is 0 Å². The molecule has 1 atom stereocenters. The second-order valence-electron chi connectivity index (χ2n) is 7.60. The summed E-state index contributed by atoms with van der Waals surface area (Å²) < 4.78 is 0. The van der Waals surface area contributed by atoms with E-state index in [0.717, 1.165) is 33.6 Å². The molecule has 0 spiro atoms. The highest BCUT2D eigenvalue weighted by molar-refractivity contribution is 8.15. The maximum Gasteiger partial charge on any atom is 0.242 e. The molecule has 1 saturated heterocycles. The van der Waals surface area contributed by atoms with Gasteiger partial charge < -0.3 is 5.32 Å². The number of rotatable bonds is 6. The van der Waals surface area contributed by atoms with E-state index in [-0.39, 0.29) is 18.2 Å². The van der Waals surface area contributed by atoms with Crippen LogP contribution in [-0.2, 0) is 9.59 Å². The van der Waals surface area contributed by atoms with Gasteiger partial charge in [0, 0.05) is 18.7 Å². The summed E-state index contributed by atoms with van der Waals surface area (Å²) in [6.45, 7) is 12.1. The molecule has 2 aromatic rings. The molecule has 0 saturated carbocycles. The fourth-order valence-electron chi connectivity index (χ4n) is 3.21. The fourth-order valence-corrected chi connectivity index (χ4v) is 4.37. The van der Waals surface area contributed by atoms with Crippen LogP contribution < -0.4 is 5.32 Å². The molecule has 1 aliphatic rings. The first kappa shape index (κ1) is 21.8. The van der Waals surface area contributed by atoms with Crippen molar-refractivity contribution < 1.29 is 9.59 Å². The molecule has 1 N–H and O–H groups in total. The van der Waals surface area contributed by atoms with E-state index in [1.807, 2.05) is 64.1 Å². The van der Waals surface area contributed by atoms with Crippen molar-refractivity contribution >= 4 is 40.1 Å². The molecule has 1 heterocycles. The summed E-state index contributed by atoms with van der Waals surface area (Å²) in [5.74, 6) is -0.291. The van der Waals surface area contributed by atoms with Crippen LogP contribution in [0.3, 0.4) is 0 Å². The predicted molar refractivity (Wildman–Crippen MR) is 125 cm³/mol. The van der Waals surface area contributed by atoms with Gasteiger partial charge in [-0.2, -0.15) is 0 Å². The van der Waals surface area contributed by atoms with Crippen molar-refractivity contribution in [1.29, 1.82) is 0 Å². The molecule has 0 aromatic heterocycles. The average molecular weight is 422 g/mol. The summed E-state index contributed by atoms with van der Waals surface area (Å²) in [4.78, 5) is 32.0. The minimum absolute atomic E-state index is 0.0936. The molecule has 1 fully saturated rings. The van der Waals surface area contributed by atoms with Crippen molar-refractivity contribution in [1.82, 2.24) is 4.90 Å². The van der Waals surface area contributed by atoms with Gasteiger partial charge in [0.25, 0.3) is 0 Å². The van der Waals surface area contributed by atoms with Gasteiger partial charge in [0.05, 0.1) is 5.69 Å². The molecular weight excluding hydrogens is 394 g/mol. The third-order valence-electron chi connectivity index (χ3n) is 4.95. The molecular formula is C24H27N3O2S. The normalized spacial score (nSPS) is 17.5. The Bertz CT molecular complexity index is 1030. The highest BCUT2D eigenvalue weighted by Crippen LogP contribution is 2.33. The van der Waals surface area contributed by atoms with Crippen LogP contribution in [0.4, 0.5) is 11.4 Å². The zero-order valence-electron chi connectivity index (χ0n) is 17.9. The van der Waals surface area contributed by atoms with E-state index in [0.29, 0.717) is 11.7 Å². The number of thioether (sulfide) groups is 1. The Kier molecular flexibility index (Phi) is 6.77. The molecule has 3 rings (SSSR count). The number of amides is 2. The van der Waals surface area contributed by atoms with E-state index < -0.39 is 5.25 Å². The van der Waals surface area contributed by atoms with Crippen molar-refractivity contribution in [3.63, 3.8) is 0 Å². The van der Waals surface area contributed by atoms with E-state index in [9.17, 15) is 9.59 Å². The van der Waals surface area contributed by atoms with Gasteiger partial charge in [0.2, 0.25) is 11.8 Å². The van der Waals surface area contributed by atoms with Crippen molar-refractivity contribution in [2.75, 3.05) is 11.9 Å². The average Bonchev–Trinajstić information content (AvgIpc) is 2.96. The Labute approximate surface area is 182 Å². The first-order valence-electron chi connectivity index (χ1n) is 9.90. The number of nitrogens with zero attached hydrogens (tertiary/aromatic N) is 2. The summed E-state index contributed by atoms with van der Waals surface area (Å²) in [6, 6.07) is 12.0. The molecule has 2 amide bonds. The summed E-state index contributed by atoms with van der Waals surface area (Å²) in [5.41, 5.74) is 5.82. The standard InChI is InChI=1S/C24H27N3O2S/c1-6-11-27-23(29)21(14-22(28)25-19-12-15(2)7-9-17(19)4)30-24(27)26-20-13-16(3)8-10-18(20)5/h6-10,12-13,21H,1,11,14H2,2-5H3,(H,25,28)/t21-/m0/s1. The number of carbonyl (C=O) groups excluding carboxylic acids is 2. The van der Waals surface area contributed by atoms with Crippen LogP contribution in [0.5, 0.6) is 0 Å². The summed E-state index contributed by atoms with van der Waals surface area (Å²) >= 11 is 1.34. The SMILES string of the molecule is C=CCN1C(=O)[C@H](CC(=O)Nc2cc(C)ccc2C)SC1=Nc1cc(C)ccc1C. The van der Waals surface area contributed by atoms with E-state index in [4.69, 9.17) is 4.99 Å². The van der Waals surface area contributed by atoms with Crippen LogP contribution in [0.2, 0.25) is 0 Å². The van der Waals surface area contributed by atoms with Gasteiger partial charge in [-0.15, -0.1) is 6.58 Å². The topological polar surface area (TPSA) is 61.8 Å². The Morgan fingerprint density at radius 3 is 2.50 bits per heavy atom. The number of nitrogens with one attached hydrogen (secondary N) is 1. The van der Waals surface area contributed by atoms with E-state index in [2.05, 4.69) is 11.9 Å². The Hall–Kier alpha value is -2.86.